The van der Waals surface area contributed by atoms with Crippen molar-refractivity contribution in [3.63, 3.8) is 0 Å². The highest BCUT2D eigenvalue weighted by Crippen LogP contribution is 2.25. The van der Waals surface area contributed by atoms with Crippen molar-refractivity contribution in [1.29, 1.82) is 0 Å². The first kappa shape index (κ1) is 16.3. The number of piperidine rings is 1. The normalized spacial score (nSPS) is 18.7. The lowest BCUT2D eigenvalue weighted by Crippen LogP contribution is -2.40. The monoisotopic (exact) mass is 292 g/mol. The van der Waals surface area contributed by atoms with Crippen molar-refractivity contribution in [2.45, 2.75) is 44.8 Å². The lowest BCUT2D eigenvalue weighted by atomic mass is 10.0. The van der Waals surface area contributed by atoms with Crippen LogP contribution in [0.5, 0.6) is 5.75 Å². The van der Waals surface area contributed by atoms with Gasteiger partial charge in [-0.1, -0.05) is 6.07 Å². The number of benzene rings is 1. The predicted octanol–water partition coefficient (Wildman–Crippen LogP) is 2.24. The average Bonchev–Trinajstić information content (AvgIpc) is 2.49. The first-order valence-corrected chi connectivity index (χ1v) is 7.90. The molecule has 0 aromatic heterocycles. The van der Waals surface area contributed by atoms with Gasteiger partial charge in [0.15, 0.2) is 0 Å². The third-order valence-corrected chi connectivity index (χ3v) is 4.39. The third-order valence-electron chi connectivity index (χ3n) is 4.39. The largest absolute Gasteiger partial charge is 0.496 e. The molecule has 4 heteroatoms. The summed E-state index contributed by atoms with van der Waals surface area (Å²) in [5, 5.41) is 10.3. The van der Waals surface area contributed by atoms with E-state index in [9.17, 15) is 5.11 Å². The summed E-state index contributed by atoms with van der Waals surface area (Å²) in [4.78, 5) is 2.45. The molecule has 118 valence electrons. The van der Waals surface area contributed by atoms with E-state index in [1.54, 1.807) is 7.11 Å². The van der Waals surface area contributed by atoms with Gasteiger partial charge < -0.3 is 20.5 Å². The highest BCUT2D eigenvalue weighted by Gasteiger charge is 2.16. The van der Waals surface area contributed by atoms with Gasteiger partial charge in [-0.2, -0.15) is 0 Å². The zero-order chi connectivity index (χ0) is 15.2. The van der Waals surface area contributed by atoms with Crippen LogP contribution in [0.3, 0.4) is 0 Å². The van der Waals surface area contributed by atoms with Crippen LogP contribution >= 0.6 is 0 Å². The topological polar surface area (TPSA) is 58.7 Å². The van der Waals surface area contributed by atoms with E-state index in [1.165, 1.54) is 0 Å². The fraction of sp³-hybridized carbons (Fsp3) is 0.647. The van der Waals surface area contributed by atoms with Crippen LogP contribution in [0, 0.1) is 6.92 Å². The Kier molecular flexibility index (Phi) is 6.03. The molecule has 0 radical (unpaired) electrons. The molecule has 1 fully saturated rings. The van der Waals surface area contributed by atoms with Gasteiger partial charge in [0, 0.05) is 6.04 Å². The first-order valence-electron chi connectivity index (χ1n) is 7.90. The molecular weight excluding hydrogens is 264 g/mol. The number of ether oxygens (including phenoxy) is 1. The minimum Gasteiger partial charge on any atom is -0.496 e. The van der Waals surface area contributed by atoms with E-state index >= 15 is 0 Å². The lowest BCUT2D eigenvalue weighted by molar-refractivity contribution is 0.148. The number of hydrogen-bond donors (Lipinski definition) is 2. The smallest absolute Gasteiger partial charge is 0.121 e. The van der Waals surface area contributed by atoms with Crippen LogP contribution < -0.4 is 10.5 Å². The number of aliphatic hydroxyl groups excluding tert-OH is 1. The third kappa shape index (κ3) is 4.70. The SMILES string of the molecule is COc1ccc(C(O)CCCN2CCC(N)CC2)cc1C. The molecule has 1 saturated heterocycles. The van der Waals surface area contributed by atoms with E-state index < -0.39 is 0 Å². The number of likely N-dealkylation sites (tertiary alicyclic amines) is 1. The summed E-state index contributed by atoms with van der Waals surface area (Å²) >= 11 is 0. The van der Waals surface area contributed by atoms with Gasteiger partial charge in [0.05, 0.1) is 13.2 Å². The Bertz CT molecular complexity index is 442. The van der Waals surface area contributed by atoms with E-state index in [0.29, 0.717) is 6.04 Å². The summed E-state index contributed by atoms with van der Waals surface area (Å²) in [6.45, 7) is 5.25. The molecule has 4 nitrogen and oxygen atoms in total. The van der Waals surface area contributed by atoms with Crippen LogP contribution in [-0.2, 0) is 0 Å². The van der Waals surface area contributed by atoms with Gasteiger partial charge in [-0.3, -0.25) is 0 Å². The first-order chi connectivity index (χ1) is 10.1. The molecule has 0 spiro atoms. The summed E-state index contributed by atoms with van der Waals surface area (Å²) in [6.07, 6.45) is 3.62. The zero-order valence-electron chi connectivity index (χ0n) is 13.2. The summed E-state index contributed by atoms with van der Waals surface area (Å²) in [5.74, 6) is 0.871. The molecule has 0 amide bonds. The number of aryl methyl sites for hydroxylation is 1. The van der Waals surface area contributed by atoms with Crippen LogP contribution in [0.1, 0.15) is 42.9 Å². The van der Waals surface area contributed by atoms with Crippen molar-refractivity contribution in [3.05, 3.63) is 29.3 Å². The minimum absolute atomic E-state index is 0.383. The van der Waals surface area contributed by atoms with Gasteiger partial charge in [-0.05, 0) is 75.5 Å². The van der Waals surface area contributed by atoms with Gasteiger partial charge >= 0.3 is 0 Å². The van der Waals surface area contributed by atoms with Crippen LogP contribution in [0.15, 0.2) is 18.2 Å². The number of hydrogen-bond acceptors (Lipinski definition) is 4. The van der Waals surface area contributed by atoms with Crippen LogP contribution in [0.2, 0.25) is 0 Å². The molecule has 0 bridgehead atoms. The second-order valence-electron chi connectivity index (χ2n) is 6.07. The molecule has 1 aliphatic rings. The molecule has 0 saturated carbocycles. The number of nitrogens with zero attached hydrogens (tertiary/aromatic N) is 1. The summed E-state index contributed by atoms with van der Waals surface area (Å²) in [6, 6.07) is 6.29. The maximum atomic E-state index is 10.3. The highest BCUT2D eigenvalue weighted by molar-refractivity contribution is 5.36. The molecule has 1 aromatic rings. The predicted molar refractivity (Wildman–Crippen MR) is 85.6 cm³/mol. The Morgan fingerprint density at radius 3 is 2.71 bits per heavy atom. The van der Waals surface area contributed by atoms with Crippen molar-refractivity contribution in [1.82, 2.24) is 4.90 Å². The fourth-order valence-electron chi connectivity index (χ4n) is 2.96. The zero-order valence-corrected chi connectivity index (χ0v) is 13.2. The van der Waals surface area contributed by atoms with E-state index in [-0.39, 0.29) is 6.10 Å². The Morgan fingerprint density at radius 2 is 2.10 bits per heavy atom. The van der Waals surface area contributed by atoms with Crippen molar-refractivity contribution in [2.24, 2.45) is 5.73 Å². The second-order valence-corrected chi connectivity index (χ2v) is 6.07. The minimum atomic E-state index is -0.387. The molecule has 1 aliphatic heterocycles. The maximum Gasteiger partial charge on any atom is 0.121 e. The van der Waals surface area contributed by atoms with Crippen molar-refractivity contribution in [2.75, 3.05) is 26.7 Å². The molecule has 1 unspecified atom stereocenters. The average molecular weight is 292 g/mol. The number of nitrogens with two attached hydrogens (primary N) is 1. The molecule has 0 aliphatic carbocycles. The Morgan fingerprint density at radius 1 is 1.38 bits per heavy atom. The fourth-order valence-corrected chi connectivity index (χ4v) is 2.96. The number of rotatable bonds is 6. The van der Waals surface area contributed by atoms with Gasteiger partial charge in [-0.15, -0.1) is 0 Å². The molecule has 21 heavy (non-hydrogen) atoms. The Hall–Kier alpha value is -1.10. The van der Waals surface area contributed by atoms with Crippen LogP contribution in [0.4, 0.5) is 0 Å². The van der Waals surface area contributed by atoms with Gasteiger partial charge in [0.25, 0.3) is 0 Å². The van der Waals surface area contributed by atoms with Crippen molar-refractivity contribution in [3.8, 4) is 5.75 Å². The molecule has 3 N–H and O–H groups in total. The summed E-state index contributed by atoms with van der Waals surface area (Å²) in [7, 11) is 1.67. The highest BCUT2D eigenvalue weighted by atomic mass is 16.5. The number of methoxy groups -OCH3 is 1. The number of aliphatic hydroxyl groups is 1. The van der Waals surface area contributed by atoms with E-state index in [1.807, 2.05) is 25.1 Å². The van der Waals surface area contributed by atoms with Crippen molar-refractivity contribution < 1.29 is 9.84 Å². The standard InChI is InChI=1S/C17H28N2O2/c1-13-12-14(5-6-17(13)21-2)16(20)4-3-9-19-10-7-15(18)8-11-19/h5-6,12,15-16,20H,3-4,7-11,18H2,1-2H3. The molecule has 1 aromatic carbocycles. The Balaban J connectivity index is 1.76. The van der Waals surface area contributed by atoms with Gasteiger partial charge in [-0.25, -0.2) is 0 Å². The van der Waals surface area contributed by atoms with Crippen molar-refractivity contribution >= 4 is 0 Å². The van der Waals surface area contributed by atoms with Crippen LogP contribution in [-0.4, -0.2) is 42.8 Å². The van der Waals surface area contributed by atoms with E-state index in [4.69, 9.17) is 10.5 Å². The molecule has 2 rings (SSSR count). The van der Waals surface area contributed by atoms with Gasteiger partial charge in [0.1, 0.15) is 5.75 Å². The molecule has 1 heterocycles. The Labute approximate surface area is 127 Å². The molecular formula is C17H28N2O2. The van der Waals surface area contributed by atoms with Crippen LogP contribution in [0.25, 0.3) is 0 Å². The summed E-state index contributed by atoms with van der Waals surface area (Å²) < 4.78 is 5.25. The quantitative estimate of drug-likeness (QED) is 0.844. The summed E-state index contributed by atoms with van der Waals surface area (Å²) in [5.41, 5.74) is 7.96. The van der Waals surface area contributed by atoms with E-state index in [0.717, 1.165) is 62.2 Å². The second kappa shape index (κ2) is 7.78. The van der Waals surface area contributed by atoms with Gasteiger partial charge in [0.2, 0.25) is 0 Å². The van der Waals surface area contributed by atoms with E-state index in [2.05, 4.69) is 4.90 Å². The molecule has 1 atom stereocenters. The lowest BCUT2D eigenvalue weighted by Gasteiger charge is -2.30. The maximum absolute atomic E-state index is 10.3.